The van der Waals surface area contributed by atoms with Crippen molar-refractivity contribution in [1.82, 2.24) is 25.4 Å². The maximum atomic E-state index is 13.6. The van der Waals surface area contributed by atoms with Crippen LogP contribution in [-0.2, 0) is 17.8 Å². The third kappa shape index (κ3) is 4.04. The van der Waals surface area contributed by atoms with Crippen LogP contribution >= 0.6 is 0 Å². The minimum Gasteiger partial charge on any atom is -0.354 e. The predicted molar refractivity (Wildman–Crippen MR) is 105 cm³/mol. The van der Waals surface area contributed by atoms with E-state index in [0.717, 1.165) is 36.2 Å². The molecule has 1 fully saturated rings. The molecule has 6 nitrogen and oxygen atoms in total. The van der Waals surface area contributed by atoms with E-state index in [1.54, 1.807) is 24.4 Å². The third-order valence-corrected chi connectivity index (χ3v) is 5.21. The van der Waals surface area contributed by atoms with Crippen molar-refractivity contribution >= 4 is 16.9 Å². The highest BCUT2D eigenvalue weighted by Gasteiger charge is 2.23. The Bertz CT molecular complexity index is 964. The summed E-state index contributed by atoms with van der Waals surface area (Å²) in [6.45, 7) is 2.97. The largest absolute Gasteiger partial charge is 0.354 e. The second-order valence-corrected chi connectivity index (χ2v) is 7.11. The van der Waals surface area contributed by atoms with Gasteiger partial charge < -0.3 is 10.6 Å². The smallest absolute Gasteiger partial charge is 0.220 e. The van der Waals surface area contributed by atoms with Crippen LogP contribution in [0.2, 0.25) is 0 Å². The second-order valence-electron chi connectivity index (χ2n) is 7.11. The zero-order valence-electron chi connectivity index (χ0n) is 15.7. The molecule has 3 aromatic rings. The number of benzene rings is 1. The fraction of sp³-hybridized carbons (Fsp3) is 0.381. The van der Waals surface area contributed by atoms with Crippen LogP contribution < -0.4 is 10.6 Å². The zero-order chi connectivity index (χ0) is 19.3. The van der Waals surface area contributed by atoms with Crippen LogP contribution in [0.5, 0.6) is 0 Å². The SMILES string of the molecule is O=C(CCc1ccccc1F)NCCn1nc(C2CCNC2)c2cccnc21. The molecule has 1 unspecified atom stereocenters. The summed E-state index contributed by atoms with van der Waals surface area (Å²) < 4.78 is 15.5. The molecule has 0 aliphatic carbocycles. The number of hydrogen-bond acceptors (Lipinski definition) is 4. The first-order chi connectivity index (χ1) is 13.7. The quantitative estimate of drug-likeness (QED) is 0.659. The molecule has 4 rings (SSSR count). The Morgan fingerprint density at radius 2 is 2.18 bits per heavy atom. The zero-order valence-corrected chi connectivity index (χ0v) is 15.7. The van der Waals surface area contributed by atoms with E-state index in [9.17, 15) is 9.18 Å². The normalized spacial score (nSPS) is 16.5. The molecule has 28 heavy (non-hydrogen) atoms. The van der Waals surface area contributed by atoms with Crippen LogP contribution in [0, 0.1) is 5.82 Å². The van der Waals surface area contributed by atoms with E-state index in [0.29, 0.717) is 31.0 Å². The summed E-state index contributed by atoms with van der Waals surface area (Å²) in [7, 11) is 0. The van der Waals surface area contributed by atoms with Gasteiger partial charge in [-0.1, -0.05) is 18.2 Å². The highest BCUT2D eigenvalue weighted by molar-refractivity contribution is 5.79. The molecule has 0 spiro atoms. The lowest BCUT2D eigenvalue weighted by molar-refractivity contribution is -0.121. The van der Waals surface area contributed by atoms with Gasteiger partial charge in [0.1, 0.15) is 5.82 Å². The molecule has 1 aromatic carbocycles. The van der Waals surface area contributed by atoms with E-state index >= 15 is 0 Å². The van der Waals surface area contributed by atoms with Crippen LogP contribution in [0.3, 0.4) is 0 Å². The van der Waals surface area contributed by atoms with Crippen molar-refractivity contribution in [1.29, 1.82) is 0 Å². The third-order valence-electron chi connectivity index (χ3n) is 5.21. The molecule has 3 heterocycles. The number of hydrogen-bond donors (Lipinski definition) is 2. The summed E-state index contributed by atoms with van der Waals surface area (Å²) in [6.07, 6.45) is 3.50. The molecule has 1 aliphatic heterocycles. The number of aryl methyl sites for hydroxylation is 1. The van der Waals surface area contributed by atoms with Crippen molar-refractivity contribution in [2.45, 2.75) is 31.7 Å². The monoisotopic (exact) mass is 381 g/mol. The molecular formula is C21H24FN5O. The number of aromatic nitrogens is 3. The summed E-state index contributed by atoms with van der Waals surface area (Å²) in [5.41, 5.74) is 2.50. The van der Waals surface area contributed by atoms with Gasteiger partial charge in [0.25, 0.3) is 0 Å². The van der Waals surface area contributed by atoms with E-state index < -0.39 is 0 Å². The van der Waals surface area contributed by atoms with Crippen molar-refractivity contribution in [2.75, 3.05) is 19.6 Å². The van der Waals surface area contributed by atoms with Crippen LogP contribution in [0.4, 0.5) is 4.39 Å². The van der Waals surface area contributed by atoms with Crippen molar-refractivity contribution < 1.29 is 9.18 Å². The summed E-state index contributed by atoms with van der Waals surface area (Å²) in [4.78, 5) is 16.6. The lowest BCUT2D eigenvalue weighted by Crippen LogP contribution is -2.27. The highest BCUT2D eigenvalue weighted by atomic mass is 19.1. The van der Waals surface area contributed by atoms with Gasteiger partial charge in [-0.3, -0.25) is 4.79 Å². The fourth-order valence-electron chi connectivity index (χ4n) is 3.72. The van der Waals surface area contributed by atoms with Crippen LogP contribution in [-0.4, -0.2) is 40.3 Å². The van der Waals surface area contributed by atoms with Crippen LogP contribution in [0.15, 0.2) is 42.6 Å². The average molecular weight is 381 g/mol. The van der Waals surface area contributed by atoms with E-state index in [1.165, 1.54) is 6.07 Å². The molecule has 0 radical (unpaired) electrons. The molecule has 7 heteroatoms. The standard InChI is InChI=1S/C21H24FN5O/c22-18-6-2-1-4-15(18)7-8-19(28)24-12-13-27-21-17(5-3-10-25-21)20(26-27)16-9-11-23-14-16/h1-6,10,16,23H,7-9,11-14H2,(H,24,28). The first-order valence-electron chi connectivity index (χ1n) is 9.74. The van der Waals surface area contributed by atoms with Gasteiger partial charge in [0.2, 0.25) is 5.91 Å². The number of pyridine rings is 1. The summed E-state index contributed by atoms with van der Waals surface area (Å²) in [5.74, 6) is 0.0505. The van der Waals surface area contributed by atoms with E-state index in [1.807, 2.05) is 10.7 Å². The number of nitrogens with zero attached hydrogens (tertiary/aromatic N) is 3. The molecule has 2 aromatic heterocycles. The second kappa shape index (κ2) is 8.48. The molecule has 1 atom stereocenters. The Kier molecular flexibility index (Phi) is 5.62. The summed E-state index contributed by atoms with van der Waals surface area (Å²) in [6, 6.07) is 10.6. The molecule has 1 amide bonds. The molecule has 0 saturated carbocycles. The highest BCUT2D eigenvalue weighted by Crippen LogP contribution is 2.27. The first kappa shape index (κ1) is 18.6. The number of carbonyl (C=O) groups excluding carboxylic acids is 1. The molecular weight excluding hydrogens is 357 g/mol. The van der Waals surface area contributed by atoms with Gasteiger partial charge in [-0.25, -0.2) is 14.1 Å². The lowest BCUT2D eigenvalue weighted by atomic mass is 10.0. The maximum absolute atomic E-state index is 13.6. The van der Waals surface area contributed by atoms with Crippen molar-refractivity contribution in [3.05, 3.63) is 59.7 Å². The van der Waals surface area contributed by atoms with Crippen LogP contribution in [0.1, 0.15) is 30.0 Å². The van der Waals surface area contributed by atoms with E-state index in [2.05, 4.69) is 21.7 Å². The Balaban J connectivity index is 1.35. The number of fused-ring (bicyclic) bond motifs is 1. The molecule has 1 saturated heterocycles. The van der Waals surface area contributed by atoms with Crippen molar-refractivity contribution in [3.63, 3.8) is 0 Å². The van der Waals surface area contributed by atoms with Gasteiger partial charge in [-0.2, -0.15) is 5.10 Å². The average Bonchev–Trinajstić information content (AvgIpc) is 3.36. The van der Waals surface area contributed by atoms with E-state index in [4.69, 9.17) is 5.10 Å². The Hall–Kier alpha value is -2.80. The molecule has 146 valence electrons. The van der Waals surface area contributed by atoms with Gasteiger partial charge in [-0.15, -0.1) is 0 Å². The fourth-order valence-corrected chi connectivity index (χ4v) is 3.72. The van der Waals surface area contributed by atoms with Crippen molar-refractivity contribution in [3.8, 4) is 0 Å². The topological polar surface area (TPSA) is 71.8 Å². The van der Waals surface area contributed by atoms with Gasteiger partial charge in [0.15, 0.2) is 5.65 Å². The minimum absolute atomic E-state index is 0.0899. The van der Waals surface area contributed by atoms with E-state index in [-0.39, 0.29) is 18.1 Å². The number of carbonyl (C=O) groups is 1. The first-order valence-corrected chi connectivity index (χ1v) is 9.74. The molecule has 2 N–H and O–H groups in total. The van der Waals surface area contributed by atoms with Crippen molar-refractivity contribution in [2.24, 2.45) is 0 Å². The number of rotatable bonds is 7. The Morgan fingerprint density at radius 3 is 3.00 bits per heavy atom. The molecule has 0 bridgehead atoms. The molecule has 1 aliphatic rings. The number of nitrogens with one attached hydrogen (secondary N) is 2. The summed E-state index contributed by atoms with van der Waals surface area (Å²) in [5, 5.41) is 12.2. The number of halogens is 1. The summed E-state index contributed by atoms with van der Waals surface area (Å²) >= 11 is 0. The van der Waals surface area contributed by atoms with Gasteiger partial charge in [0, 0.05) is 37.0 Å². The maximum Gasteiger partial charge on any atom is 0.220 e. The number of amides is 1. The predicted octanol–water partition coefficient (Wildman–Crippen LogP) is 2.40. The lowest BCUT2D eigenvalue weighted by Gasteiger charge is -2.07. The Morgan fingerprint density at radius 1 is 1.29 bits per heavy atom. The van der Waals surface area contributed by atoms with Gasteiger partial charge in [0.05, 0.1) is 12.2 Å². The van der Waals surface area contributed by atoms with Gasteiger partial charge >= 0.3 is 0 Å². The van der Waals surface area contributed by atoms with Gasteiger partial charge in [-0.05, 0) is 43.1 Å². The Labute approximate surface area is 163 Å². The van der Waals surface area contributed by atoms with Crippen LogP contribution in [0.25, 0.3) is 11.0 Å². The minimum atomic E-state index is -0.265.